The van der Waals surface area contributed by atoms with Gasteiger partial charge >= 0.3 is 0 Å². The molecule has 3 rings (SSSR count). The number of carbonyl (C=O) groups is 3. The molecule has 2 amide bonds. The van der Waals surface area contributed by atoms with Gasteiger partial charge in [0.1, 0.15) is 0 Å². The van der Waals surface area contributed by atoms with E-state index in [9.17, 15) is 19.5 Å². The number of rotatable bonds is 6. The third kappa shape index (κ3) is 4.03. The molecular formula is C20H17NO5S. The Morgan fingerprint density at radius 3 is 2.59 bits per heavy atom. The minimum absolute atomic E-state index is 0.105. The Morgan fingerprint density at radius 1 is 1.15 bits per heavy atom. The monoisotopic (exact) mass is 383 g/mol. The van der Waals surface area contributed by atoms with Gasteiger partial charge in [0, 0.05) is 11.1 Å². The van der Waals surface area contributed by atoms with Crippen molar-refractivity contribution in [2.24, 2.45) is 0 Å². The zero-order valence-corrected chi connectivity index (χ0v) is 15.4. The first kappa shape index (κ1) is 18.7. The molecule has 0 bridgehead atoms. The van der Waals surface area contributed by atoms with E-state index in [1.165, 1.54) is 6.08 Å². The summed E-state index contributed by atoms with van der Waals surface area (Å²) in [6.45, 7) is 1.85. The van der Waals surface area contributed by atoms with Crippen LogP contribution in [-0.4, -0.2) is 40.1 Å². The minimum atomic E-state index is -0.560. The number of amides is 2. The molecule has 0 radical (unpaired) electrons. The fourth-order valence-electron chi connectivity index (χ4n) is 2.56. The number of Topliss-reactive ketones (excluding diaryl/α,β-unsaturated/α-hetero) is 1. The summed E-state index contributed by atoms with van der Waals surface area (Å²) >= 11 is 0.736. The molecule has 1 heterocycles. The lowest BCUT2D eigenvalue weighted by Crippen LogP contribution is -2.33. The van der Waals surface area contributed by atoms with Gasteiger partial charge in [-0.25, -0.2) is 0 Å². The average molecular weight is 383 g/mol. The number of phenols is 1. The molecule has 6 nitrogen and oxygen atoms in total. The number of thioether (sulfide) groups is 1. The summed E-state index contributed by atoms with van der Waals surface area (Å²) in [5.41, 5.74) is 0.795. The number of carbonyl (C=O) groups excluding carboxylic acids is 3. The quantitative estimate of drug-likeness (QED) is 0.605. The number of nitrogens with zero attached hydrogens (tertiary/aromatic N) is 1. The molecule has 2 aromatic rings. The van der Waals surface area contributed by atoms with Crippen LogP contribution in [-0.2, 0) is 4.79 Å². The van der Waals surface area contributed by atoms with Gasteiger partial charge in [0.15, 0.2) is 17.3 Å². The van der Waals surface area contributed by atoms with Crippen molar-refractivity contribution in [2.45, 2.75) is 6.92 Å². The summed E-state index contributed by atoms with van der Waals surface area (Å²) in [7, 11) is 0. The van der Waals surface area contributed by atoms with E-state index in [1.807, 2.05) is 0 Å². The van der Waals surface area contributed by atoms with Crippen molar-refractivity contribution >= 4 is 34.8 Å². The van der Waals surface area contributed by atoms with Gasteiger partial charge in [-0.05, 0) is 30.8 Å². The molecule has 1 fully saturated rings. The van der Waals surface area contributed by atoms with Crippen molar-refractivity contribution in [1.29, 1.82) is 0 Å². The van der Waals surface area contributed by atoms with Crippen LogP contribution < -0.4 is 4.74 Å². The number of hydrogen-bond acceptors (Lipinski definition) is 6. The normalized spacial score (nSPS) is 15.4. The van der Waals surface area contributed by atoms with E-state index in [0.717, 1.165) is 16.7 Å². The summed E-state index contributed by atoms with van der Waals surface area (Å²) < 4.78 is 5.32. The Labute approximate surface area is 160 Å². The highest BCUT2D eigenvalue weighted by Gasteiger charge is 2.36. The second-order valence-corrected chi connectivity index (χ2v) is 6.68. The molecule has 1 aliphatic heterocycles. The molecule has 27 heavy (non-hydrogen) atoms. The van der Waals surface area contributed by atoms with E-state index in [4.69, 9.17) is 4.74 Å². The Kier molecular flexibility index (Phi) is 5.61. The molecule has 0 aliphatic carbocycles. The second-order valence-electron chi connectivity index (χ2n) is 5.68. The minimum Gasteiger partial charge on any atom is -0.504 e. The highest BCUT2D eigenvalue weighted by atomic mass is 32.2. The van der Waals surface area contributed by atoms with Crippen molar-refractivity contribution < 1.29 is 24.2 Å². The highest BCUT2D eigenvalue weighted by molar-refractivity contribution is 8.18. The Balaban J connectivity index is 1.81. The first-order valence-corrected chi connectivity index (χ1v) is 9.11. The largest absolute Gasteiger partial charge is 0.504 e. The van der Waals surface area contributed by atoms with E-state index in [1.54, 1.807) is 55.5 Å². The van der Waals surface area contributed by atoms with E-state index in [-0.39, 0.29) is 23.0 Å². The van der Waals surface area contributed by atoms with Crippen molar-refractivity contribution in [1.82, 2.24) is 4.90 Å². The van der Waals surface area contributed by atoms with Crippen LogP contribution in [0.5, 0.6) is 11.5 Å². The third-order valence-corrected chi connectivity index (χ3v) is 4.80. The van der Waals surface area contributed by atoms with Crippen molar-refractivity contribution in [3.05, 3.63) is 64.6 Å². The average Bonchev–Trinajstić information content (AvgIpc) is 2.93. The van der Waals surface area contributed by atoms with E-state index < -0.39 is 11.1 Å². The topological polar surface area (TPSA) is 83.9 Å². The SMILES string of the molecule is CCOc1cccc(C=C2SC(=O)N(CC(=O)c3ccccc3)C2=O)c1O. The summed E-state index contributed by atoms with van der Waals surface area (Å²) in [5, 5.41) is 9.73. The standard InChI is InChI=1S/C20H17NO5S/c1-2-26-16-10-6-9-14(18(16)23)11-17-19(24)21(20(25)27-17)12-15(22)13-7-4-3-5-8-13/h3-11,23H,2,12H2,1H3. The van der Waals surface area contributed by atoms with Crippen LogP contribution in [0.2, 0.25) is 0 Å². The number of imide groups is 1. The van der Waals surface area contributed by atoms with Gasteiger partial charge in [-0.15, -0.1) is 0 Å². The van der Waals surface area contributed by atoms with Crippen molar-refractivity contribution in [2.75, 3.05) is 13.2 Å². The lowest BCUT2D eigenvalue weighted by Gasteiger charge is -2.11. The Hall–Kier alpha value is -3.06. The molecule has 0 aromatic heterocycles. The van der Waals surface area contributed by atoms with Crippen LogP contribution in [0.15, 0.2) is 53.4 Å². The molecular weight excluding hydrogens is 366 g/mol. The molecule has 2 aromatic carbocycles. The highest BCUT2D eigenvalue weighted by Crippen LogP contribution is 2.36. The molecule has 1 N–H and O–H groups in total. The first-order chi connectivity index (χ1) is 13.0. The number of aromatic hydroxyl groups is 1. The van der Waals surface area contributed by atoms with Crippen molar-refractivity contribution in [3.63, 3.8) is 0 Å². The van der Waals surface area contributed by atoms with Gasteiger partial charge < -0.3 is 9.84 Å². The van der Waals surface area contributed by atoms with Crippen molar-refractivity contribution in [3.8, 4) is 11.5 Å². The second kappa shape index (κ2) is 8.09. The summed E-state index contributed by atoms with van der Waals surface area (Å²) in [4.78, 5) is 38.1. The molecule has 1 saturated heterocycles. The number of ether oxygens (including phenoxy) is 1. The maximum Gasteiger partial charge on any atom is 0.293 e. The summed E-state index contributed by atoms with van der Waals surface area (Å²) in [5.74, 6) is -0.688. The van der Waals surface area contributed by atoms with Crippen LogP contribution in [0.4, 0.5) is 4.79 Å². The number of benzene rings is 2. The molecule has 1 aliphatic rings. The van der Waals surface area contributed by atoms with Gasteiger partial charge in [0.2, 0.25) is 0 Å². The Bertz CT molecular complexity index is 923. The van der Waals surface area contributed by atoms with Gasteiger partial charge in [0.05, 0.1) is 18.1 Å². The van der Waals surface area contributed by atoms with E-state index in [0.29, 0.717) is 23.5 Å². The third-order valence-electron chi connectivity index (χ3n) is 3.89. The fraction of sp³-hybridized carbons (Fsp3) is 0.150. The van der Waals surface area contributed by atoms with Crippen LogP contribution in [0, 0.1) is 0 Å². The van der Waals surface area contributed by atoms with Gasteiger partial charge in [-0.3, -0.25) is 19.3 Å². The maximum atomic E-state index is 12.6. The van der Waals surface area contributed by atoms with E-state index in [2.05, 4.69) is 0 Å². The van der Waals surface area contributed by atoms with Gasteiger partial charge in [-0.2, -0.15) is 0 Å². The Morgan fingerprint density at radius 2 is 1.89 bits per heavy atom. The van der Waals surface area contributed by atoms with Crippen LogP contribution in [0.3, 0.4) is 0 Å². The summed E-state index contributed by atoms with van der Waals surface area (Å²) in [6, 6.07) is 13.4. The number of ketones is 1. The molecule has 7 heteroatoms. The smallest absolute Gasteiger partial charge is 0.293 e. The van der Waals surface area contributed by atoms with Crippen LogP contribution >= 0.6 is 11.8 Å². The number of para-hydroxylation sites is 1. The fourth-order valence-corrected chi connectivity index (χ4v) is 3.39. The zero-order valence-electron chi connectivity index (χ0n) is 14.5. The lowest BCUT2D eigenvalue weighted by molar-refractivity contribution is -0.122. The summed E-state index contributed by atoms with van der Waals surface area (Å²) in [6.07, 6.45) is 1.43. The molecule has 0 atom stereocenters. The lowest BCUT2D eigenvalue weighted by atomic mass is 10.1. The predicted octanol–water partition coefficient (Wildman–Crippen LogP) is 3.71. The number of hydrogen-bond donors (Lipinski definition) is 1. The molecule has 0 saturated carbocycles. The predicted molar refractivity (Wildman–Crippen MR) is 103 cm³/mol. The van der Waals surface area contributed by atoms with E-state index >= 15 is 0 Å². The van der Waals surface area contributed by atoms with Gasteiger partial charge in [-0.1, -0.05) is 42.5 Å². The molecule has 0 spiro atoms. The molecule has 138 valence electrons. The first-order valence-electron chi connectivity index (χ1n) is 8.29. The van der Waals surface area contributed by atoms with Crippen LogP contribution in [0.1, 0.15) is 22.8 Å². The molecule has 0 unspecified atom stereocenters. The number of phenolic OH excluding ortho intramolecular Hbond substituents is 1. The van der Waals surface area contributed by atoms with Crippen LogP contribution in [0.25, 0.3) is 6.08 Å². The van der Waals surface area contributed by atoms with Gasteiger partial charge in [0.25, 0.3) is 11.1 Å². The zero-order chi connectivity index (χ0) is 19.4. The maximum absolute atomic E-state index is 12.6.